The van der Waals surface area contributed by atoms with Crippen molar-refractivity contribution in [2.75, 3.05) is 46.3 Å². The number of amides is 1. The van der Waals surface area contributed by atoms with E-state index in [2.05, 4.69) is 10.3 Å². The third-order valence-corrected chi connectivity index (χ3v) is 4.82. The molecule has 0 spiro atoms. The van der Waals surface area contributed by atoms with Crippen molar-refractivity contribution < 1.29 is 28.5 Å². The third kappa shape index (κ3) is 4.46. The molecule has 1 fully saturated rings. The van der Waals surface area contributed by atoms with E-state index in [1.165, 1.54) is 21.3 Å². The van der Waals surface area contributed by atoms with Crippen molar-refractivity contribution in [2.24, 2.45) is 0 Å². The second-order valence-electron chi connectivity index (χ2n) is 7.12. The highest BCUT2D eigenvalue weighted by Gasteiger charge is 2.26. The van der Waals surface area contributed by atoms with E-state index in [9.17, 15) is 9.59 Å². The molecular weight excluding hydrogens is 378 g/mol. The number of fused-ring (bicyclic) bond motifs is 1. The van der Waals surface area contributed by atoms with Crippen LogP contribution in [0.25, 0.3) is 10.9 Å². The molecule has 29 heavy (non-hydrogen) atoms. The van der Waals surface area contributed by atoms with Crippen molar-refractivity contribution in [3.63, 3.8) is 0 Å². The summed E-state index contributed by atoms with van der Waals surface area (Å²) >= 11 is 0. The Morgan fingerprint density at radius 1 is 1.14 bits per heavy atom. The first-order valence-electron chi connectivity index (χ1n) is 9.39. The Bertz CT molecular complexity index is 899. The van der Waals surface area contributed by atoms with Crippen LogP contribution in [0.1, 0.15) is 24.3 Å². The van der Waals surface area contributed by atoms with Crippen molar-refractivity contribution >= 4 is 28.5 Å². The van der Waals surface area contributed by atoms with E-state index < -0.39 is 5.97 Å². The van der Waals surface area contributed by atoms with Crippen molar-refractivity contribution in [3.05, 3.63) is 17.8 Å². The first kappa shape index (κ1) is 20.9. The Hall–Kier alpha value is -2.78. The zero-order valence-corrected chi connectivity index (χ0v) is 17.3. The maximum atomic E-state index is 12.8. The predicted molar refractivity (Wildman–Crippen MR) is 108 cm³/mol. The fraction of sp³-hybridized carbons (Fsp3) is 0.500. The van der Waals surface area contributed by atoms with E-state index in [1.54, 1.807) is 12.1 Å². The monoisotopic (exact) mass is 405 g/mol. The number of esters is 1. The molecule has 1 aliphatic rings. The smallest absolute Gasteiger partial charge is 0.356 e. The molecule has 0 radical (unpaired) electrons. The van der Waals surface area contributed by atoms with Crippen LogP contribution in [0.5, 0.6) is 11.5 Å². The summed E-state index contributed by atoms with van der Waals surface area (Å²) in [6.45, 7) is 5.49. The molecule has 158 valence electrons. The number of hydrogen-bond acceptors (Lipinski definition) is 7. The number of nitrogens with one attached hydrogen (secondary N) is 2. The van der Waals surface area contributed by atoms with E-state index >= 15 is 0 Å². The van der Waals surface area contributed by atoms with Crippen LogP contribution in [0.4, 0.5) is 5.69 Å². The predicted octanol–water partition coefficient (Wildman–Crippen LogP) is 2.02. The molecule has 2 atom stereocenters. The van der Waals surface area contributed by atoms with Gasteiger partial charge in [0.1, 0.15) is 5.69 Å². The number of H-pyrrole nitrogens is 1. The molecule has 0 saturated carbocycles. The molecular formula is C20H27N3O6. The lowest BCUT2D eigenvalue weighted by Gasteiger charge is -2.34. The van der Waals surface area contributed by atoms with Gasteiger partial charge in [0.25, 0.3) is 0 Å². The molecule has 0 aliphatic carbocycles. The summed E-state index contributed by atoms with van der Waals surface area (Å²) in [5.74, 6) is 0.184. The van der Waals surface area contributed by atoms with Gasteiger partial charge in [-0.2, -0.15) is 0 Å². The van der Waals surface area contributed by atoms with E-state index in [-0.39, 0.29) is 30.4 Å². The van der Waals surface area contributed by atoms with Gasteiger partial charge in [-0.25, -0.2) is 4.79 Å². The quantitative estimate of drug-likeness (QED) is 0.709. The van der Waals surface area contributed by atoms with Crippen LogP contribution in [0.15, 0.2) is 12.1 Å². The summed E-state index contributed by atoms with van der Waals surface area (Å²) in [5.41, 5.74) is 1.13. The minimum absolute atomic E-state index is 0.0574. The molecule has 0 unspecified atom stereocenters. The minimum atomic E-state index is -0.581. The van der Waals surface area contributed by atoms with Gasteiger partial charge in [0.15, 0.2) is 11.5 Å². The molecule has 9 nitrogen and oxygen atoms in total. The Morgan fingerprint density at radius 2 is 1.76 bits per heavy atom. The maximum absolute atomic E-state index is 12.8. The summed E-state index contributed by atoms with van der Waals surface area (Å²) in [4.78, 5) is 30.1. The number of hydrogen-bond donors (Lipinski definition) is 2. The molecule has 1 saturated heterocycles. The average Bonchev–Trinajstić information content (AvgIpc) is 3.02. The molecule has 1 aromatic heterocycles. The van der Waals surface area contributed by atoms with Crippen LogP contribution in [-0.4, -0.2) is 74.9 Å². The normalized spacial score (nSPS) is 19.8. The number of morpholine rings is 1. The molecule has 3 rings (SSSR count). The summed E-state index contributed by atoms with van der Waals surface area (Å²) in [6.07, 6.45) is 0.115. The van der Waals surface area contributed by atoms with E-state index in [0.29, 0.717) is 41.2 Å². The molecule has 1 aromatic carbocycles. The van der Waals surface area contributed by atoms with Gasteiger partial charge in [-0.05, 0) is 19.9 Å². The van der Waals surface area contributed by atoms with Gasteiger partial charge in [0.05, 0.1) is 51.3 Å². The SMILES string of the molecule is COC(=O)c1[nH]c2cc(OC)c(OC)cc2c1NC(=O)CN1C[C@H](C)O[C@@H](C)C1. The number of carbonyl (C=O) groups excluding carboxylic acids is 2. The molecule has 0 bridgehead atoms. The number of carbonyl (C=O) groups is 2. The molecule has 2 aromatic rings. The van der Waals surface area contributed by atoms with Crippen LogP contribution in [0.3, 0.4) is 0 Å². The highest BCUT2D eigenvalue weighted by Crippen LogP contribution is 2.37. The lowest BCUT2D eigenvalue weighted by molar-refractivity contribution is -0.121. The first-order valence-corrected chi connectivity index (χ1v) is 9.39. The largest absolute Gasteiger partial charge is 0.493 e. The molecule has 1 aliphatic heterocycles. The molecule has 2 heterocycles. The van der Waals surface area contributed by atoms with E-state index in [4.69, 9.17) is 18.9 Å². The highest BCUT2D eigenvalue weighted by atomic mass is 16.5. The number of aromatic amines is 1. The zero-order chi connectivity index (χ0) is 21.1. The average molecular weight is 405 g/mol. The van der Waals surface area contributed by atoms with E-state index in [0.717, 1.165) is 0 Å². The summed E-state index contributed by atoms with van der Waals surface area (Å²) in [5, 5.41) is 3.49. The molecule has 2 N–H and O–H groups in total. The van der Waals surface area contributed by atoms with Gasteiger partial charge in [0.2, 0.25) is 5.91 Å². The molecule has 1 amide bonds. The van der Waals surface area contributed by atoms with Crippen molar-refractivity contribution in [2.45, 2.75) is 26.1 Å². The van der Waals surface area contributed by atoms with Gasteiger partial charge in [-0.15, -0.1) is 0 Å². The topological polar surface area (TPSA) is 102 Å². The van der Waals surface area contributed by atoms with Crippen LogP contribution >= 0.6 is 0 Å². The zero-order valence-electron chi connectivity index (χ0n) is 17.3. The number of benzene rings is 1. The Labute approximate surface area is 169 Å². The van der Waals surface area contributed by atoms with Gasteiger partial charge in [-0.3, -0.25) is 9.69 Å². The first-order chi connectivity index (χ1) is 13.9. The maximum Gasteiger partial charge on any atom is 0.356 e. The highest BCUT2D eigenvalue weighted by molar-refractivity contribution is 6.11. The van der Waals surface area contributed by atoms with Gasteiger partial charge < -0.3 is 29.2 Å². The van der Waals surface area contributed by atoms with Crippen LogP contribution in [0.2, 0.25) is 0 Å². The van der Waals surface area contributed by atoms with Crippen molar-refractivity contribution in [3.8, 4) is 11.5 Å². The lowest BCUT2D eigenvalue weighted by atomic mass is 10.2. The Balaban J connectivity index is 1.91. The summed E-state index contributed by atoms with van der Waals surface area (Å²) in [7, 11) is 4.34. The third-order valence-electron chi connectivity index (χ3n) is 4.82. The van der Waals surface area contributed by atoms with E-state index in [1.807, 2.05) is 18.7 Å². The minimum Gasteiger partial charge on any atom is -0.493 e. The lowest BCUT2D eigenvalue weighted by Crippen LogP contribution is -2.48. The summed E-state index contributed by atoms with van der Waals surface area (Å²) < 4.78 is 21.2. The van der Waals surface area contributed by atoms with Crippen LogP contribution in [-0.2, 0) is 14.3 Å². The van der Waals surface area contributed by atoms with Gasteiger partial charge in [-0.1, -0.05) is 0 Å². The van der Waals surface area contributed by atoms with Gasteiger partial charge in [0, 0.05) is 24.5 Å². The number of aromatic nitrogens is 1. The van der Waals surface area contributed by atoms with Gasteiger partial charge >= 0.3 is 5.97 Å². The van der Waals surface area contributed by atoms with Crippen molar-refractivity contribution in [1.29, 1.82) is 0 Å². The van der Waals surface area contributed by atoms with Crippen molar-refractivity contribution in [1.82, 2.24) is 9.88 Å². The number of rotatable bonds is 6. The van der Waals surface area contributed by atoms with Crippen LogP contribution in [0, 0.1) is 0 Å². The number of nitrogens with zero attached hydrogens (tertiary/aromatic N) is 1. The summed E-state index contributed by atoms with van der Waals surface area (Å²) in [6, 6.07) is 3.42. The molecule has 9 heteroatoms. The second-order valence-corrected chi connectivity index (χ2v) is 7.12. The number of methoxy groups -OCH3 is 3. The Morgan fingerprint density at radius 3 is 2.34 bits per heavy atom. The fourth-order valence-corrected chi connectivity index (χ4v) is 3.70. The Kier molecular flexibility index (Phi) is 6.29. The second kappa shape index (κ2) is 8.71. The van der Waals surface area contributed by atoms with Crippen LogP contribution < -0.4 is 14.8 Å². The number of anilines is 1. The number of ether oxygens (including phenoxy) is 4. The fourth-order valence-electron chi connectivity index (χ4n) is 3.70. The standard InChI is InChI=1S/C20H27N3O6/c1-11-8-23(9-12(2)29-11)10-17(24)22-18-13-6-15(26-3)16(27-4)7-14(13)21-19(18)20(25)28-5/h6-7,11-12,21H,8-10H2,1-5H3,(H,22,24)/t11-,12-/m0/s1.